The summed E-state index contributed by atoms with van der Waals surface area (Å²) < 4.78 is 5.51. The maximum Gasteiger partial charge on any atom is 0.305 e. The van der Waals surface area contributed by atoms with Crippen molar-refractivity contribution in [2.24, 2.45) is 0 Å². The number of esters is 1. The van der Waals surface area contributed by atoms with Gasteiger partial charge >= 0.3 is 5.97 Å². The first-order valence-corrected chi connectivity index (χ1v) is 32.8. The summed E-state index contributed by atoms with van der Waals surface area (Å²) in [5.74, 6) is -0.00947. The van der Waals surface area contributed by atoms with E-state index in [1.165, 1.54) is 308 Å². The summed E-state index contributed by atoms with van der Waals surface area (Å²) in [6.45, 7) is 4.98. The summed E-state index contributed by atoms with van der Waals surface area (Å²) in [5, 5.41) is 23.2. The molecule has 0 bridgehead atoms. The van der Waals surface area contributed by atoms with Crippen molar-refractivity contribution in [2.75, 3.05) is 13.2 Å². The van der Waals surface area contributed by atoms with Crippen LogP contribution >= 0.6 is 0 Å². The second kappa shape index (κ2) is 61.4. The predicted octanol–water partition coefficient (Wildman–Crippen LogP) is 20.6. The highest BCUT2D eigenvalue weighted by Crippen LogP contribution is 2.19. The molecule has 0 fully saturated rings. The van der Waals surface area contributed by atoms with Gasteiger partial charge in [-0.2, -0.15) is 0 Å². The van der Waals surface area contributed by atoms with Gasteiger partial charge in [-0.3, -0.25) is 9.59 Å². The van der Waals surface area contributed by atoms with Crippen LogP contribution in [0, 0.1) is 0 Å². The van der Waals surface area contributed by atoms with E-state index in [0.717, 1.165) is 38.5 Å². The first kappa shape index (κ1) is 69.9. The highest BCUT2D eigenvalue weighted by atomic mass is 16.5. The molecule has 2 unspecified atom stereocenters. The van der Waals surface area contributed by atoms with Gasteiger partial charge in [0.1, 0.15) is 0 Å². The number of hydrogen-bond donors (Lipinski definition) is 3. The molecule has 3 N–H and O–H groups in total. The van der Waals surface area contributed by atoms with Crippen LogP contribution in [0.25, 0.3) is 0 Å². The van der Waals surface area contributed by atoms with Gasteiger partial charge < -0.3 is 20.3 Å². The van der Waals surface area contributed by atoms with E-state index in [1.807, 2.05) is 0 Å². The summed E-state index contributed by atoms with van der Waals surface area (Å²) in [6.07, 6.45) is 72.9. The molecule has 0 aliphatic carbocycles. The van der Waals surface area contributed by atoms with E-state index in [0.29, 0.717) is 25.9 Å². The SMILES string of the molecule is CCCCCCCCCCCCCCCCCCCCC(=O)OCCCCCCCCCCCCCCCCCCCCCCCCCCCCC(=O)NC(CO)C(O)CCCCCCCCCCCC. The van der Waals surface area contributed by atoms with Gasteiger partial charge in [0, 0.05) is 12.8 Å². The zero-order valence-corrected chi connectivity index (χ0v) is 48.5. The molecule has 424 valence electrons. The lowest BCUT2D eigenvalue weighted by atomic mass is 10.0. The van der Waals surface area contributed by atoms with Crippen LogP contribution in [0.15, 0.2) is 0 Å². The smallest absolute Gasteiger partial charge is 0.305 e. The van der Waals surface area contributed by atoms with Crippen molar-refractivity contribution in [3.63, 3.8) is 0 Å². The Hall–Kier alpha value is -1.14. The van der Waals surface area contributed by atoms with Crippen LogP contribution in [0.4, 0.5) is 0 Å². The normalized spacial score (nSPS) is 12.5. The van der Waals surface area contributed by atoms with Gasteiger partial charge in [0.25, 0.3) is 0 Å². The lowest BCUT2D eigenvalue weighted by molar-refractivity contribution is -0.143. The molecule has 0 heterocycles. The van der Waals surface area contributed by atoms with Crippen molar-refractivity contribution in [2.45, 2.75) is 392 Å². The molecule has 1 amide bonds. The minimum atomic E-state index is -0.659. The van der Waals surface area contributed by atoms with Crippen LogP contribution in [-0.4, -0.2) is 47.4 Å². The number of aliphatic hydroxyl groups is 2. The summed E-state index contributed by atoms with van der Waals surface area (Å²) in [6, 6.07) is -0.536. The number of rotatable bonds is 62. The topological polar surface area (TPSA) is 95.9 Å². The molecule has 2 atom stereocenters. The Bertz CT molecular complexity index is 1020. The minimum absolute atomic E-state index is 0.0226. The number of carbonyl (C=O) groups is 2. The maximum atomic E-state index is 12.4. The van der Waals surface area contributed by atoms with Crippen molar-refractivity contribution >= 4 is 11.9 Å². The second-order valence-corrected chi connectivity index (χ2v) is 22.8. The summed E-state index contributed by atoms with van der Waals surface area (Å²) in [5.41, 5.74) is 0. The van der Waals surface area contributed by atoms with Gasteiger partial charge in [-0.1, -0.05) is 341 Å². The number of amides is 1. The molecule has 0 aliphatic rings. The van der Waals surface area contributed by atoms with E-state index in [1.54, 1.807) is 0 Å². The maximum absolute atomic E-state index is 12.4. The van der Waals surface area contributed by atoms with Gasteiger partial charge in [0.05, 0.1) is 25.4 Å². The molecular formula is C65H129NO5. The fourth-order valence-electron chi connectivity index (χ4n) is 10.6. The van der Waals surface area contributed by atoms with Crippen LogP contribution in [0.2, 0.25) is 0 Å². The van der Waals surface area contributed by atoms with Crippen LogP contribution in [0.3, 0.4) is 0 Å². The van der Waals surface area contributed by atoms with Gasteiger partial charge in [0.15, 0.2) is 0 Å². The van der Waals surface area contributed by atoms with Crippen molar-refractivity contribution < 1.29 is 24.5 Å². The van der Waals surface area contributed by atoms with Gasteiger partial charge in [0.2, 0.25) is 5.91 Å². The third kappa shape index (κ3) is 58.0. The molecule has 0 radical (unpaired) electrons. The molecule has 0 spiro atoms. The third-order valence-corrected chi connectivity index (χ3v) is 15.7. The Balaban J connectivity index is 3.29. The van der Waals surface area contributed by atoms with Crippen LogP contribution in [0.5, 0.6) is 0 Å². The van der Waals surface area contributed by atoms with Gasteiger partial charge in [-0.25, -0.2) is 0 Å². The molecule has 0 aromatic rings. The summed E-state index contributed by atoms with van der Waals surface area (Å²) >= 11 is 0. The van der Waals surface area contributed by atoms with Crippen LogP contribution < -0.4 is 5.32 Å². The first-order chi connectivity index (χ1) is 35.0. The Kier molecular flexibility index (Phi) is 60.4. The quantitative estimate of drug-likeness (QED) is 0.0417. The van der Waals surface area contributed by atoms with E-state index in [2.05, 4.69) is 19.2 Å². The van der Waals surface area contributed by atoms with Crippen molar-refractivity contribution in [3.05, 3.63) is 0 Å². The van der Waals surface area contributed by atoms with Gasteiger partial charge in [-0.15, -0.1) is 0 Å². The lowest BCUT2D eigenvalue weighted by Gasteiger charge is -2.22. The molecule has 0 saturated heterocycles. The molecule has 6 nitrogen and oxygen atoms in total. The second-order valence-electron chi connectivity index (χ2n) is 22.8. The molecule has 0 rings (SSSR count). The monoisotopic (exact) mass is 1000 g/mol. The van der Waals surface area contributed by atoms with Crippen molar-refractivity contribution in [1.82, 2.24) is 5.32 Å². The predicted molar refractivity (Wildman–Crippen MR) is 310 cm³/mol. The van der Waals surface area contributed by atoms with E-state index >= 15 is 0 Å². The summed E-state index contributed by atoms with van der Waals surface area (Å²) in [4.78, 5) is 24.5. The van der Waals surface area contributed by atoms with Crippen molar-refractivity contribution in [1.29, 1.82) is 0 Å². The first-order valence-electron chi connectivity index (χ1n) is 32.8. The Morgan fingerprint density at radius 1 is 0.338 bits per heavy atom. The van der Waals surface area contributed by atoms with E-state index in [-0.39, 0.29) is 18.5 Å². The molecule has 0 aliphatic heterocycles. The Morgan fingerprint density at radius 2 is 0.577 bits per heavy atom. The molecular weight excluding hydrogens is 875 g/mol. The zero-order valence-electron chi connectivity index (χ0n) is 48.5. The van der Waals surface area contributed by atoms with Crippen LogP contribution in [0.1, 0.15) is 380 Å². The zero-order chi connectivity index (χ0) is 51.4. The molecule has 6 heteroatoms. The van der Waals surface area contributed by atoms with E-state index < -0.39 is 12.1 Å². The van der Waals surface area contributed by atoms with E-state index in [4.69, 9.17) is 4.74 Å². The number of hydrogen-bond acceptors (Lipinski definition) is 5. The van der Waals surface area contributed by atoms with Crippen LogP contribution in [-0.2, 0) is 14.3 Å². The highest BCUT2D eigenvalue weighted by Gasteiger charge is 2.20. The average Bonchev–Trinajstić information content (AvgIpc) is 3.37. The fraction of sp³-hybridized carbons (Fsp3) is 0.969. The summed E-state index contributed by atoms with van der Waals surface area (Å²) in [7, 11) is 0. The highest BCUT2D eigenvalue weighted by molar-refractivity contribution is 5.76. The van der Waals surface area contributed by atoms with Gasteiger partial charge in [-0.05, 0) is 25.7 Å². The minimum Gasteiger partial charge on any atom is -0.466 e. The number of aliphatic hydroxyl groups excluding tert-OH is 2. The fourth-order valence-corrected chi connectivity index (χ4v) is 10.6. The molecule has 0 saturated carbocycles. The average molecular weight is 1000 g/mol. The third-order valence-electron chi connectivity index (χ3n) is 15.7. The van der Waals surface area contributed by atoms with E-state index in [9.17, 15) is 19.8 Å². The van der Waals surface area contributed by atoms with Crippen molar-refractivity contribution in [3.8, 4) is 0 Å². The standard InChI is InChI=1S/C65H129NO5/c1-3-5-7-9-11-13-15-16-17-18-30-33-36-39-43-47-51-55-59-65(70)71-60-56-52-48-44-40-37-34-31-28-26-24-22-20-19-21-23-25-27-29-32-35-38-42-46-50-54-58-64(69)66-62(61-67)63(68)57-53-49-45-41-14-12-10-8-6-4-2/h62-63,67-68H,3-61H2,1-2H3,(H,66,69). The largest absolute Gasteiger partial charge is 0.466 e. The number of unbranched alkanes of at least 4 members (excludes halogenated alkanes) is 51. The molecule has 0 aromatic heterocycles. The Labute approximate surface area is 445 Å². The number of ether oxygens (including phenoxy) is 1. The number of nitrogens with one attached hydrogen (secondary N) is 1. The number of carbonyl (C=O) groups excluding carboxylic acids is 2. The lowest BCUT2D eigenvalue weighted by Crippen LogP contribution is -2.45. The Morgan fingerprint density at radius 3 is 0.859 bits per heavy atom. The molecule has 71 heavy (non-hydrogen) atoms. The molecule has 0 aromatic carbocycles.